The maximum absolute atomic E-state index is 12.7. The van der Waals surface area contributed by atoms with Crippen LogP contribution in [-0.4, -0.2) is 30.6 Å². The molecule has 0 aliphatic rings. The Labute approximate surface area is 98.1 Å². The van der Waals surface area contributed by atoms with Gasteiger partial charge >= 0.3 is 24.0 Å². The summed E-state index contributed by atoms with van der Waals surface area (Å²) < 4.78 is 88.9. The SMILES string of the molecule is CC(C)CCOC(=O)C(F)(F)C(F)(F)C(F)(F)F. The summed E-state index contributed by atoms with van der Waals surface area (Å²) >= 11 is 0. The molecular weight excluding hydrogens is 273 g/mol. The van der Waals surface area contributed by atoms with E-state index in [1.807, 2.05) is 0 Å². The number of carbonyl (C=O) groups is 1. The molecule has 0 aromatic carbocycles. The fourth-order valence-electron chi connectivity index (χ4n) is 0.784. The summed E-state index contributed by atoms with van der Waals surface area (Å²) in [5, 5.41) is 0. The van der Waals surface area contributed by atoms with Gasteiger partial charge in [0.05, 0.1) is 6.61 Å². The van der Waals surface area contributed by atoms with Crippen LogP contribution in [0.1, 0.15) is 20.3 Å². The Morgan fingerprint density at radius 3 is 1.83 bits per heavy atom. The van der Waals surface area contributed by atoms with Gasteiger partial charge in [-0.3, -0.25) is 0 Å². The number of alkyl halides is 7. The zero-order valence-corrected chi connectivity index (χ0v) is 9.45. The maximum Gasteiger partial charge on any atom is 0.460 e. The van der Waals surface area contributed by atoms with Crippen LogP contribution in [0.5, 0.6) is 0 Å². The van der Waals surface area contributed by atoms with E-state index in [0.29, 0.717) is 0 Å². The molecule has 0 aromatic heterocycles. The fourth-order valence-corrected chi connectivity index (χ4v) is 0.784. The summed E-state index contributed by atoms with van der Waals surface area (Å²) in [6, 6.07) is 0. The average Bonchev–Trinajstić information content (AvgIpc) is 2.14. The highest BCUT2D eigenvalue weighted by Gasteiger charge is 2.77. The van der Waals surface area contributed by atoms with Crippen LogP contribution >= 0.6 is 0 Å². The Bertz CT molecular complexity index is 296. The van der Waals surface area contributed by atoms with Gasteiger partial charge in [-0.1, -0.05) is 13.8 Å². The van der Waals surface area contributed by atoms with Crippen LogP contribution in [-0.2, 0) is 9.53 Å². The Balaban J connectivity index is 4.77. The lowest BCUT2D eigenvalue weighted by Crippen LogP contribution is -2.56. The Morgan fingerprint density at radius 2 is 1.50 bits per heavy atom. The molecule has 2 nitrogen and oxygen atoms in total. The first-order valence-corrected chi connectivity index (χ1v) is 4.83. The van der Waals surface area contributed by atoms with Crippen molar-refractivity contribution in [3.63, 3.8) is 0 Å². The van der Waals surface area contributed by atoms with Crippen LogP contribution in [0.15, 0.2) is 0 Å². The molecule has 0 aromatic rings. The number of carbonyl (C=O) groups excluding carboxylic acids is 1. The van der Waals surface area contributed by atoms with E-state index in [2.05, 4.69) is 4.74 Å². The van der Waals surface area contributed by atoms with Crippen LogP contribution in [0.3, 0.4) is 0 Å². The fraction of sp³-hybridized carbons (Fsp3) is 0.889. The summed E-state index contributed by atoms with van der Waals surface area (Å²) in [5.74, 6) is -15.4. The lowest BCUT2D eigenvalue weighted by molar-refractivity contribution is -0.348. The maximum atomic E-state index is 12.7. The van der Waals surface area contributed by atoms with E-state index in [1.165, 1.54) is 0 Å². The lowest BCUT2D eigenvalue weighted by Gasteiger charge is -2.26. The van der Waals surface area contributed by atoms with Crippen molar-refractivity contribution in [2.24, 2.45) is 5.92 Å². The summed E-state index contributed by atoms with van der Waals surface area (Å²) in [7, 11) is 0. The van der Waals surface area contributed by atoms with Crippen LogP contribution in [0.25, 0.3) is 0 Å². The molecule has 0 unspecified atom stereocenters. The molecule has 0 N–H and O–H groups in total. The van der Waals surface area contributed by atoms with Crippen molar-refractivity contribution in [3.05, 3.63) is 0 Å². The monoisotopic (exact) mass is 284 g/mol. The predicted molar refractivity (Wildman–Crippen MR) is 46.4 cm³/mol. The molecule has 0 heterocycles. The van der Waals surface area contributed by atoms with Crippen molar-refractivity contribution >= 4 is 5.97 Å². The summed E-state index contributed by atoms with van der Waals surface area (Å²) in [5.41, 5.74) is 0. The second-order valence-electron chi connectivity index (χ2n) is 3.96. The molecular formula is C9H11F7O2. The van der Waals surface area contributed by atoms with Gasteiger partial charge in [-0.15, -0.1) is 0 Å². The molecule has 0 radical (unpaired) electrons. The molecule has 0 saturated heterocycles. The lowest BCUT2D eigenvalue weighted by atomic mass is 10.1. The first-order chi connectivity index (χ1) is 7.84. The molecule has 0 saturated carbocycles. The van der Waals surface area contributed by atoms with E-state index in [1.54, 1.807) is 13.8 Å². The number of esters is 1. The molecule has 9 heteroatoms. The number of hydrogen-bond acceptors (Lipinski definition) is 2. The number of rotatable bonds is 5. The van der Waals surface area contributed by atoms with E-state index in [9.17, 15) is 35.5 Å². The minimum atomic E-state index is -6.53. The molecule has 0 spiro atoms. The van der Waals surface area contributed by atoms with E-state index in [4.69, 9.17) is 0 Å². The van der Waals surface area contributed by atoms with Crippen molar-refractivity contribution in [1.29, 1.82) is 0 Å². The Hall–Kier alpha value is -1.02. The minimum Gasteiger partial charge on any atom is -0.461 e. The van der Waals surface area contributed by atoms with Gasteiger partial charge in [-0.05, 0) is 12.3 Å². The van der Waals surface area contributed by atoms with E-state index in [-0.39, 0.29) is 12.3 Å². The van der Waals surface area contributed by atoms with Gasteiger partial charge in [-0.25, -0.2) is 4.79 Å². The third-order valence-corrected chi connectivity index (χ3v) is 1.94. The third-order valence-electron chi connectivity index (χ3n) is 1.94. The van der Waals surface area contributed by atoms with Crippen LogP contribution in [0, 0.1) is 5.92 Å². The van der Waals surface area contributed by atoms with Gasteiger partial charge in [0.1, 0.15) is 0 Å². The molecule has 0 amide bonds. The number of hydrogen-bond donors (Lipinski definition) is 0. The zero-order valence-electron chi connectivity index (χ0n) is 9.45. The molecule has 0 rings (SSSR count). The van der Waals surface area contributed by atoms with Crippen LogP contribution in [0.4, 0.5) is 30.7 Å². The second kappa shape index (κ2) is 5.31. The highest BCUT2D eigenvalue weighted by Crippen LogP contribution is 2.46. The summed E-state index contributed by atoms with van der Waals surface area (Å²) in [4.78, 5) is 10.6. The van der Waals surface area contributed by atoms with E-state index in [0.717, 1.165) is 0 Å². The van der Waals surface area contributed by atoms with Crippen molar-refractivity contribution in [3.8, 4) is 0 Å². The van der Waals surface area contributed by atoms with Crippen LogP contribution in [0.2, 0.25) is 0 Å². The number of ether oxygens (including phenoxy) is 1. The van der Waals surface area contributed by atoms with Crippen LogP contribution < -0.4 is 0 Å². The standard InChI is InChI=1S/C9H11F7O2/c1-5(2)3-4-18-6(17)7(10,11)8(12,13)9(14,15)16/h5H,3-4H2,1-2H3. The Morgan fingerprint density at radius 1 is 1.06 bits per heavy atom. The van der Waals surface area contributed by atoms with Gasteiger partial charge in [0.15, 0.2) is 0 Å². The normalized spacial score (nSPS) is 13.9. The molecule has 0 aliphatic carbocycles. The van der Waals surface area contributed by atoms with Gasteiger partial charge in [0.2, 0.25) is 0 Å². The molecule has 0 fully saturated rings. The highest BCUT2D eigenvalue weighted by molar-refractivity contribution is 5.79. The number of halogens is 7. The first kappa shape index (κ1) is 17.0. The van der Waals surface area contributed by atoms with Gasteiger partial charge in [0.25, 0.3) is 0 Å². The van der Waals surface area contributed by atoms with Gasteiger partial charge < -0.3 is 4.74 Å². The molecule has 18 heavy (non-hydrogen) atoms. The molecule has 0 atom stereocenters. The zero-order chi connectivity index (χ0) is 14.8. The largest absolute Gasteiger partial charge is 0.461 e. The van der Waals surface area contributed by atoms with Gasteiger partial charge in [0, 0.05) is 0 Å². The topological polar surface area (TPSA) is 26.3 Å². The first-order valence-electron chi connectivity index (χ1n) is 4.83. The summed E-state index contributed by atoms with van der Waals surface area (Å²) in [6.45, 7) is 2.59. The van der Waals surface area contributed by atoms with Crippen molar-refractivity contribution in [2.75, 3.05) is 6.61 Å². The van der Waals surface area contributed by atoms with Crippen molar-refractivity contribution < 1.29 is 40.3 Å². The summed E-state index contributed by atoms with van der Waals surface area (Å²) in [6.07, 6.45) is -6.47. The quantitative estimate of drug-likeness (QED) is 0.571. The molecule has 108 valence electrons. The molecule has 0 aliphatic heterocycles. The Kier molecular flexibility index (Phi) is 5.01. The van der Waals surface area contributed by atoms with Gasteiger partial charge in [-0.2, -0.15) is 30.7 Å². The van der Waals surface area contributed by atoms with Crippen molar-refractivity contribution in [1.82, 2.24) is 0 Å². The highest BCUT2D eigenvalue weighted by atomic mass is 19.4. The van der Waals surface area contributed by atoms with E-state index < -0.39 is 30.6 Å². The minimum absolute atomic E-state index is 0.0689. The van der Waals surface area contributed by atoms with Crippen molar-refractivity contribution in [2.45, 2.75) is 38.3 Å². The smallest absolute Gasteiger partial charge is 0.460 e. The molecule has 0 bridgehead atoms. The second-order valence-corrected chi connectivity index (χ2v) is 3.96. The average molecular weight is 284 g/mol. The third kappa shape index (κ3) is 3.49. The predicted octanol–water partition coefficient (Wildman–Crippen LogP) is 3.41. The van der Waals surface area contributed by atoms with E-state index >= 15 is 0 Å².